The molecule has 3 N–H and O–H groups in total. The molecule has 1 unspecified atom stereocenters. The first-order valence-corrected chi connectivity index (χ1v) is 14.2. The molecule has 0 aliphatic rings. The Morgan fingerprint density at radius 3 is 2.36 bits per heavy atom. The highest BCUT2D eigenvalue weighted by molar-refractivity contribution is 7.89. The van der Waals surface area contributed by atoms with E-state index in [-0.39, 0.29) is 29.1 Å². The molecule has 0 aliphatic carbocycles. The Labute approximate surface area is 229 Å². The summed E-state index contributed by atoms with van der Waals surface area (Å²) in [7, 11) is -2.50. The molecule has 0 radical (unpaired) electrons. The molecule has 4 aromatic rings. The quantitative estimate of drug-likeness (QED) is 0.250. The molecule has 0 heterocycles. The molecule has 0 amide bonds. The van der Waals surface area contributed by atoms with Gasteiger partial charge in [0.15, 0.2) is 0 Å². The number of carboxylic acid groups (broad SMARTS) is 1. The van der Waals surface area contributed by atoms with Crippen LogP contribution in [-0.4, -0.2) is 60.7 Å². The van der Waals surface area contributed by atoms with Gasteiger partial charge in [-0.2, -0.15) is 4.31 Å². The van der Waals surface area contributed by atoms with Crippen molar-refractivity contribution in [3.05, 3.63) is 102 Å². The summed E-state index contributed by atoms with van der Waals surface area (Å²) in [5.74, 6) is -1.09. The number of rotatable bonds is 11. The van der Waals surface area contributed by atoms with Crippen molar-refractivity contribution in [3.63, 3.8) is 0 Å². The number of carboxylic acids is 1. The van der Waals surface area contributed by atoms with E-state index in [1.807, 2.05) is 12.1 Å². The predicted molar refractivity (Wildman–Crippen MR) is 154 cm³/mol. The van der Waals surface area contributed by atoms with Crippen molar-refractivity contribution in [2.75, 3.05) is 20.1 Å². The molecule has 0 spiro atoms. The minimum Gasteiger partial charge on any atom is -0.478 e. The molecule has 0 aromatic heterocycles. The van der Waals surface area contributed by atoms with Gasteiger partial charge in [0.25, 0.3) is 0 Å². The normalized spacial score (nSPS) is 13.1. The van der Waals surface area contributed by atoms with Gasteiger partial charge >= 0.3 is 5.97 Å². The summed E-state index contributed by atoms with van der Waals surface area (Å²) in [5.41, 5.74) is 1.85. The number of aliphatic hydroxyl groups is 1. The van der Waals surface area contributed by atoms with Crippen molar-refractivity contribution >= 4 is 26.8 Å². The molecule has 0 saturated heterocycles. The second-order valence-corrected chi connectivity index (χ2v) is 12.5. The Bertz CT molecular complexity index is 1580. The Morgan fingerprint density at radius 2 is 1.62 bits per heavy atom. The van der Waals surface area contributed by atoms with Crippen LogP contribution in [-0.2, 0) is 16.4 Å². The number of benzene rings is 4. The zero-order valence-corrected chi connectivity index (χ0v) is 23.2. The van der Waals surface area contributed by atoms with Gasteiger partial charge < -0.3 is 15.5 Å². The molecule has 7 nitrogen and oxygen atoms in total. The first-order chi connectivity index (χ1) is 18.5. The predicted octanol–water partition coefficient (Wildman–Crippen LogP) is 4.80. The zero-order valence-electron chi connectivity index (χ0n) is 22.3. The van der Waals surface area contributed by atoms with Crippen molar-refractivity contribution in [3.8, 4) is 11.1 Å². The lowest BCUT2D eigenvalue weighted by Gasteiger charge is -2.29. The maximum Gasteiger partial charge on any atom is 0.336 e. The van der Waals surface area contributed by atoms with Crippen molar-refractivity contribution in [2.24, 2.45) is 0 Å². The molecule has 8 heteroatoms. The fraction of sp³-hybridized carbons (Fsp3) is 0.258. The van der Waals surface area contributed by atoms with Crippen molar-refractivity contribution in [2.45, 2.75) is 36.8 Å². The molecule has 0 fully saturated rings. The molecule has 0 aliphatic heterocycles. The number of hydrogen-bond donors (Lipinski definition) is 3. The van der Waals surface area contributed by atoms with Crippen LogP contribution in [0.15, 0.2) is 95.9 Å². The number of hydrogen-bond acceptors (Lipinski definition) is 5. The number of nitrogens with zero attached hydrogens (tertiary/aromatic N) is 1. The van der Waals surface area contributed by atoms with E-state index in [4.69, 9.17) is 0 Å². The van der Waals surface area contributed by atoms with Crippen LogP contribution in [0.25, 0.3) is 21.9 Å². The van der Waals surface area contributed by atoms with Crippen LogP contribution in [0.2, 0.25) is 0 Å². The first-order valence-electron chi connectivity index (χ1n) is 12.8. The fourth-order valence-corrected chi connectivity index (χ4v) is 5.96. The summed E-state index contributed by atoms with van der Waals surface area (Å²) in [6.07, 6.45) is -0.194. The summed E-state index contributed by atoms with van der Waals surface area (Å²) in [4.78, 5) is 11.7. The Hall–Kier alpha value is -3.56. The van der Waals surface area contributed by atoms with E-state index >= 15 is 0 Å². The lowest BCUT2D eigenvalue weighted by Crippen LogP contribution is -2.47. The first kappa shape index (κ1) is 28.4. The van der Waals surface area contributed by atoms with Gasteiger partial charge in [-0.05, 0) is 65.9 Å². The maximum atomic E-state index is 13.3. The third kappa shape index (κ3) is 6.91. The number of fused-ring (bicyclic) bond motifs is 1. The highest BCUT2D eigenvalue weighted by Gasteiger charge is 2.26. The average Bonchev–Trinajstić information content (AvgIpc) is 2.91. The van der Waals surface area contributed by atoms with Gasteiger partial charge in [0, 0.05) is 25.7 Å². The van der Waals surface area contributed by atoms with Crippen molar-refractivity contribution in [1.29, 1.82) is 0 Å². The second-order valence-electron chi connectivity index (χ2n) is 10.4. The van der Waals surface area contributed by atoms with E-state index in [1.165, 1.54) is 41.6 Å². The third-order valence-electron chi connectivity index (χ3n) is 6.75. The van der Waals surface area contributed by atoms with Gasteiger partial charge in [-0.15, -0.1) is 0 Å². The summed E-state index contributed by atoms with van der Waals surface area (Å²) in [6, 6.07) is 27.2. The minimum absolute atomic E-state index is 0.0273. The summed E-state index contributed by atoms with van der Waals surface area (Å²) in [6.45, 7) is 4.22. The van der Waals surface area contributed by atoms with Gasteiger partial charge in [0.2, 0.25) is 10.0 Å². The Balaban J connectivity index is 1.40. The molecule has 1 atom stereocenters. The van der Waals surface area contributed by atoms with Crippen LogP contribution < -0.4 is 5.32 Å². The SMILES string of the molecule is CN(CC(O)CNC(C)(C)Cc1ccc2ccccc2c1)S(=O)(=O)c1cccc(-c2ccccc2C(=O)O)c1. The number of carbonyl (C=O) groups is 1. The number of β-amino-alcohol motifs (C(OH)–C–C–N with tert-alkyl or cyclic N) is 1. The summed E-state index contributed by atoms with van der Waals surface area (Å²) < 4.78 is 27.7. The molecule has 4 rings (SSSR count). The number of sulfonamides is 1. The van der Waals surface area contributed by atoms with E-state index in [0.29, 0.717) is 11.1 Å². The highest BCUT2D eigenvalue weighted by atomic mass is 32.2. The van der Waals surface area contributed by atoms with Gasteiger partial charge in [-0.3, -0.25) is 0 Å². The van der Waals surface area contributed by atoms with Crippen LogP contribution in [0, 0.1) is 0 Å². The van der Waals surface area contributed by atoms with Crippen LogP contribution in [0.1, 0.15) is 29.8 Å². The smallest absolute Gasteiger partial charge is 0.336 e. The van der Waals surface area contributed by atoms with E-state index in [1.54, 1.807) is 30.3 Å². The van der Waals surface area contributed by atoms with E-state index in [9.17, 15) is 23.4 Å². The molecule has 4 aromatic carbocycles. The number of likely N-dealkylation sites (N-methyl/N-ethyl adjacent to an activating group) is 1. The Kier molecular flexibility index (Phi) is 8.51. The summed E-state index contributed by atoms with van der Waals surface area (Å²) in [5, 5.41) is 25.9. The largest absolute Gasteiger partial charge is 0.478 e. The number of aliphatic hydroxyl groups excluding tert-OH is 1. The molecule has 0 saturated carbocycles. The topological polar surface area (TPSA) is 107 Å². The van der Waals surface area contributed by atoms with Crippen LogP contribution in [0.4, 0.5) is 0 Å². The Morgan fingerprint density at radius 1 is 0.923 bits per heavy atom. The average molecular weight is 547 g/mol. The number of aromatic carboxylic acids is 1. The second kappa shape index (κ2) is 11.7. The lowest BCUT2D eigenvalue weighted by atomic mass is 9.93. The molecule has 39 heavy (non-hydrogen) atoms. The highest BCUT2D eigenvalue weighted by Crippen LogP contribution is 2.27. The van der Waals surface area contributed by atoms with Crippen LogP contribution in [0.5, 0.6) is 0 Å². The standard InChI is InChI=1S/C31H34N2O5S/c1-31(2,19-22-15-16-23-9-4-5-10-24(23)17-22)32-20-26(34)21-33(3)39(37,38)27-12-8-11-25(18-27)28-13-6-7-14-29(28)30(35)36/h4-18,26,32,34H,19-21H2,1-3H3,(H,35,36). The van der Waals surface area contributed by atoms with Gasteiger partial charge in [-0.25, -0.2) is 13.2 Å². The monoisotopic (exact) mass is 546 g/mol. The van der Waals surface area contributed by atoms with E-state index in [0.717, 1.165) is 10.7 Å². The zero-order chi connectivity index (χ0) is 28.2. The van der Waals surface area contributed by atoms with Crippen molar-refractivity contribution < 1.29 is 23.4 Å². The number of nitrogens with one attached hydrogen (secondary N) is 1. The molecular formula is C31H34N2O5S. The molecule has 204 valence electrons. The summed E-state index contributed by atoms with van der Waals surface area (Å²) >= 11 is 0. The van der Waals surface area contributed by atoms with E-state index in [2.05, 4.69) is 49.5 Å². The molecular weight excluding hydrogens is 512 g/mol. The minimum atomic E-state index is -3.92. The molecule has 0 bridgehead atoms. The van der Waals surface area contributed by atoms with Crippen LogP contribution in [0.3, 0.4) is 0 Å². The lowest BCUT2D eigenvalue weighted by molar-refractivity contribution is 0.0697. The van der Waals surface area contributed by atoms with Gasteiger partial charge in [-0.1, -0.05) is 72.8 Å². The third-order valence-corrected chi connectivity index (χ3v) is 8.57. The van der Waals surface area contributed by atoms with Gasteiger partial charge in [0.1, 0.15) is 0 Å². The fourth-order valence-electron chi connectivity index (χ4n) is 4.70. The van der Waals surface area contributed by atoms with Gasteiger partial charge in [0.05, 0.1) is 16.6 Å². The maximum absolute atomic E-state index is 13.3. The van der Waals surface area contributed by atoms with Crippen LogP contribution >= 0.6 is 0 Å². The van der Waals surface area contributed by atoms with Crippen molar-refractivity contribution in [1.82, 2.24) is 9.62 Å². The van der Waals surface area contributed by atoms with E-state index < -0.39 is 22.1 Å².